The molecule has 2 rings (SSSR count). The Hall–Kier alpha value is -1.60. The van der Waals surface area contributed by atoms with E-state index >= 15 is 0 Å². The van der Waals surface area contributed by atoms with Crippen molar-refractivity contribution < 1.29 is 0 Å². The third-order valence-corrected chi connectivity index (χ3v) is 4.40. The van der Waals surface area contributed by atoms with Crippen LogP contribution in [0.1, 0.15) is 12.5 Å². The highest BCUT2D eigenvalue weighted by atomic mass is 28.3. The zero-order valence-corrected chi connectivity index (χ0v) is 13.3. The standard InChI is InChI=1S/C18H22Si/c1-15(14-19(2,3)4)16-10-12-18(13-11-16)17-8-6-5-7-9-17/h5-14H,1-4H3/b15-14+. The topological polar surface area (TPSA) is 0 Å². The van der Waals surface area contributed by atoms with Gasteiger partial charge < -0.3 is 0 Å². The van der Waals surface area contributed by atoms with Crippen LogP contribution >= 0.6 is 0 Å². The summed E-state index contributed by atoms with van der Waals surface area (Å²) in [6, 6.07) is 19.4. The monoisotopic (exact) mass is 266 g/mol. The van der Waals surface area contributed by atoms with Crippen LogP contribution < -0.4 is 0 Å². The van der Waals surface area contributed by atoms with Crippen molar-refractivity contribution in [3.63, 3.8) is 0 Å². The summed E-state index contributed by atoms with van der Waals surface area (Å²) >= 11 is 0. The van der Waals surface area contributed by atoms with Crippen molar-refractivity contribution in [3.05, 3.63) is 65.9 Å². The molecule has 0 atom stereocenters. The summed E-state index contributed by atoms with van der Waals surface area (Å²) in [5, 5.41) is 0. The molecular weight excluding hydrogens is 244 g/mol. The maximum atomic E-state index is 2.46. The first kappa shape index (κ1) is 13.8. The number of hydrogen-bond acceptors (Lipinski definition) is 0. The average Bonchev–Trinajstić information content (AvgIpc) is 2.38. The molecule has 2 aromatic carbocycles. The highest BCUT2D eigenvalue weighted by molar-refractivity contribution is 6.81. The van der Waals surface area contributed by atoms with Crippen LogP contribution in [-0.4, -0.2) is 8.07 Å². The van der Waals surface area contributed by atoms with Crippen molar-refractivity contribution in [1.82, 2.24) is 0 Å². The van der Waals surface area contributed by atoms with Crippen LogP contribution in [0.4, 0.5) is 0 Å². The van der Waals surface area contributed by atoms with E-state index in [1.165, 1.54) is 22.3 Å². The molecule has 0 bridgehead atoms. The van der Waals surface area contributed by atoms with Gasteiger partial charge in [-0.15, -0.1) is 0 Å². The van der Waals surface area contributed by atoms with E-state index in [2.05, 4.69) is 86.9 Å². The fourth-order valence-electron chi connectivity index (χ4n) is 2.29. The molecule has 0 heterocycles. The van der Waals surface area contributed by atoms with Crippen molar-refractivity contribution in [2.45, 2.75) is 26.6 Å². The summed E-state index contributed by atoms with van der Waals surface area (Å²) in [5.74, 6) is 0. The lowest BCUT2D eigenvalue weighted by atomic mass is 10.0. The Morgan fingerprint density at radius 3 is 1.84 bits per heavy atom. The number of rotatable bonds is 3. The van der Waals surface area contributed by atoms with Gasteiger partial charge in [-0.2, -0.15) is 0 Å². The first-order chi connectivity index (χ1) is 8.96. The Kier molecular flexibility index (Phi) is 4.06. The predicted molar refractivity (Wildman–Crippen MR) is 88.9 cm³/mol. The van der Waals surface area contributed by atoms with E-state index in [9.17, 15) is 0 Å². The Bertz CT molecular complexity index is 557. The lowest BCUT2D eigenvalue weighted by Gasteiger charge is -2.12. The third-order valence-electron chi connectivity index (χ3n) is 3.10. The van der Waals surface area contributed by atoms with E-state index in [-0.39, 0.29) is 0 Å². The maximum absolute atomic E-state index is 2.46. The Balaban J connectivity index is 2.27. The molecule has 0 unspecified atom stereocenters. The lowest BCUT2D eigenvalue weighted by molar-refractivity contribution is 1.55. The quantitative estimate of drug-likeness (QED) is 0.631. The van der Waals surface area contributed by atoms with Gasteiger partial charge in [-0.05, 0) is 23.6 Å². The SMILES string of the molecule is C/C(=C\[Si](C)(C)C)c1ccc(-c2ccccc2)cc1. The summed E-state index contributed by atoms with van der Waals surface area (Å²) in [6.45, 7) is 9.33. The second kappa shape index (κ2) is 5.58. The van der Waals surface area contributed by atoms with E-state index in [1.54, 1.807) is 0 Å². The molecule has 0 radical (unpaired) electrons. The van der Waals surface area contributed by atoms with E-state index in [1.807, 2.05) is 0 Å². The molecule has 0 saturated carbocycles. The number of benzene rings is 2. The second-order valence-electron chi connectivity index (χ2n) is 6.14. The summed E-state index contributed by atoms with van der Waals surface area (Å²) < 4.78 is 0. The van der Waals surface area contributed by atoms with Crippen LogP contribution in [0.2, 0.25) is 19.6 Å². The van der Waals surface area contributed by atoms with Gasteiger partial charge in [-0.25, -0.2) is 0 Å². The van der Waals surface area contributed by atoms with Crippen molar-refractivity contribution in [3.8, 4) is 11.1 Å². The number of allylic oxidation sites excluding steroid dienone is 1. The minimum Gasteiger partial charge on any atom is -0.0916 e. The van der Waals surface area contributed by atoms with Gasteiger partial charge in [0.2, 0.25) is 0 Å². The fraction of sp³-hybridized carbons (Fsp3) is 0.222. The minimum atomic E-state index is -1.14. The van der Waals surface area contributed by atoms with Crippen LogP contribution in [0.3, 0.4) is 0 Å². The first-order valence-electron chi connectivity index (χ1n) is 6.81. The zero-order chi connectivity index (χ0) is 13.9. The minimum absolute atomic E-state index is 1.14. The summed E-state index contributed by atoms with van der Waals surface area (Å²) in [5.41, 5.74) is 7.76. The van der Waals surface area contributed by atoms with Crippen LogP contribution in [0.5, 0.6) is 0 Å². The van der Waals surface area contributed by atoms with E-state index in [0.717, 1.165) is 0 Å². The predicted octanol–water partition coefficient (Wildman–Crippen LogP) is 5.63. The molecule has 0 aliphatic rings. The Morgan fingerprint density at radius 2 is 1.32 bits per heavy atom. The highest BCUT2D eigenvalue weighted by Gasteiger charge is 2.09. The Labute approximate surface area is 117 Å². The molecule has 0 fully saturated rings. The summed E-state index contributed by atoms with van der Waals surface area (Å²) in [7, 11) is -1.14. The van der Waals surface area contributed by atoms with Crippen molar-refractivity contribution in [2.24, 2.45) is 0 Å². The van der Waals surface area contributed by atoms with E-state index in [0.29, 0.717) is 0 Å². The van der Waals surface area contributed by atoms with Gasteiger partial charge in [-0.3, -0.25) is 0 Å². The molecule has 0 N–H and O–H groups in total. The average molecular weight is 266 g/mol. The van der Waals surface area contributed by atoms with Gasteiger partial charge in [-0.1, -0.05) is 85.5 Å². The summed E-state index contributed by atoms with van der Waals surface area (Å²) in [4.78, 5) is 0. The van der Waals surface area contributed by atoms with Gasteiger partial charge >= 0.3 is 0 Å². The first-order valence-corrected chi connectivity index (χ1v) is 10.4. The van der Waals surface area contributed by atoms with E-state index in [4.69, 9.17) is 0 Å². The molecule has 0 aliphatic carbocycles. The van der Waals surface area contributed by atoms with Crippen molar-refractivity contribution in [1.29, 1.82) is 0 Å². The van der Waals surface area contributed by atoms with E-state index < -0.39 is 8.07 Å². The summed E-state index contributed by atoms with van der Waals surface area (Å²) in [6.07, 6.45) is 0. The lowest BCUT2D eigenvalue weighted by Crippen LogP contribution is -2.16. The van der Waals surface area contributed by atoms with Gasteiger partial charge in [0.1, 0.15) is 0 Å². The van der Waals surface area contributed by atoms with Crippen molar-refractivity contribution in [2.75, 3.05) is 0 Å². The molecule has 0 amide bonds. The van der Waals surface area contributed by atoms with Crippen LogP contribution in [0.25, 0.3) is 16.7 Å². The second-order valence-corrected chi connectivity index (χ2v) is 11.2. The molecular formula is C18H22Si. The fourth-order valence-corrected chi connectivity index (χ4v) is 3.75. The van der Waals surface area contributed by atoms with Gasteiger partial charge in [0.25, 0.3) is 0 Å². The molecule has 0 spiro atoms. The smallest absolute Gasteiger partial charge is 0.0690 e. The maximum Gasteiger partial charge on any atom is 0.0690 e. The van der Waals surface area contributed by atoms with Crippen LogP contribution in [0.15, 0.2) is 60.3 Å². The van der Waals surface area contributed by atoms with Crippen molar-refractivity contribution >= 4 is 13.6 Å². The molecule has 0 saturated heterocycles. The Morgan fingerprint density at radius 1 is 0.789 bits per heavy atom. The molecule has 0 aliphatic heterocycles. The number of hydrogen-bond donors (Lipinski definition) is 0. The molecule has 1 heteroatoms. The molecule has 98 valence electrons. The largest absolute Gasteiger partial charge is 0.0916 e. The van der Waals surface area contributed by atoms with Gasteiger partial charge in [0, 0.05) is 0 Å². The normalized spacial score (nSPS) is 12.5. The molecule has 0 aromatic heterocycles. The molecule has 0 nitrogen and oxygen atoms in total. The molecule has 19 heavy (non-hydrogen) atoms. The van der Waals surface area contributed by atoms with Crippen LogP contribution in [0, 0.1) is 0 Å². The zero-order valence-electron chi connectivity index (χ0n) is 12.3. The molecule has 2 aromatic rings. The van der Waals surface area contributed by atoms with Gasteiger partial charge in [0.05, 0.1) is 8.07 Å². The van der Waals surface area contributed by atoms with Gasteiger partial charge in [0.15, 0.2) is 0 Å². The highest BCUT2D eigenvalue weighted by Crippen LogP contribution is 2.23. The van der Waals surface area contributed by atoms with Crippen LogP contribution in [-0.2, 0) is 0 Å². The third kappa shape index (κ3) is 3.93.